The summed E-state index contributed by atoms with van der Waals surface area (Å²) in [4.78, 5) is 9.39. The second kappa shape index (κ2) is 12.2. The Morgan fingerprint density at radius 3 is 1.75 bits per heavy atom. The summed E-state index contributed by atoms with van der Waals surface area (Å²) < 4.78 is 132. The number of halogens is 6. The third-order valence-electron chi connectivity index (χ3n) is 4.73. The molecule has 0 N–H and O–H groups in total. The summed E-state index contributed by atoms with van der Waals surface area (Å²) in [6.07, 6.45) is 4.83. The van der Waals surface area contributed by atoms with Crippen molar-refractivity contribution in [3.8, 4) is 5.75 Å². The highest BCUT2D eigenvalue weighted by Crippen LogP contribution is 2.61. The fraction of sp³-hybridized carbons (Fsp3) is 0.667. The molecule has 9 nitrogen and oxygen atoms in total. The van der Waals surface area contributed by atoms with E-state index in [1.54, 1.807) is 0 Å². The molecule has 0 radical (unpaired) electrons. The van der Waals surface area contributed by atoms with E-state index in [4.69, 9.17) is 4.74 Å². The van der Waals surface area contributed by atoms with Crippen LogP contribution in [0.5, 0.6) is 5.75 Å². The molecule has 0 spiro atoms. The van der Waals surface area contributed by atoms with Crippen LogP contribution in [0.3, 0.4) is 0 Å². The quantitative estimate of drug-likeness (QED) is 0.129. The van der Waals surface area contributed by atoms with Crippen LogP contribution in [-0.4, -0.2) is 61.6 Å². The number of nitrogens with zero attached hydrogens (tertiary/aromatic N) is 2. The lowest BCUT2D eigenvalue weighted by molar-refractivity contribution is -0.480. The number of alkyl halides is 6. The SMILES string of the molecule is CS(C)(c1ccccc1OCCCCCCCC[N+](=O)[O-])N(S(=O)(=O)C(F)(F)F)S(=O)(=O)C(F)(F)F. The van der Waals surface area contributed by atoms with E-state index < -0.39 is 54.2 Å². The van der Waals surface area contributed by atoms with Gasteiger partial charge in [0.05, 0.1) is 6.61 Å². The molecule has 0 atom stereocenters. The summed E-state index contributed by atoms with van der Waals surface area (Å²) in [5, 5.41) is 10.3. The van der Waals surface area contributed by atoms with Crippen molar-refractivity contribution in [1.82, 2.24) is 3.12 Å². The number of unbranched alkanes of at least 4 members (excludes halogenated alkanes) is 5. The van der Waals surface area contributed by atoms with Gasteiger partial charge in [-0.2, -0.15) is 26.3 Å². The van der Waals surface area contributed by atoms with Crippen molar-refractivity contribution in [3.63, 3.8) is 0 Å². The molecule has 0 bridgehead atoms. The van der Waals surface area contributed by atoms with Gasteiger partial charge >= 0.3 is 31.1 Å². The van der Waals surface area contributed by atoms with E-state index in [0.717, 1.165) is 6.07 Å². The molecular formula is C18H26F6N2O7S3. The fourth-order valence-corrected chi connectivity index (χ4v) is 11.1. The molecule has 0 amide bonds. The zero-order valence-electron chi connectivity index (χ0n) is 19.2. The van der Waals surface area contributed by atoms with Crippen LogP contribution in [0.15, 0.2) is 29.2 Å². The molecule has 1 aromatic carbocycles. The van der Waals surface area contributed by atoms with Crippen molar-refractivity contribution in [2.75, 3.05) is 25.7 Å². The van der Waals surface area contributed by atoms with Gasteiger partial charge in [-0.05, 0) is 40.6 Å². The van der Waals surface area contributed by atoms with E-state index in [9.17, 15) is 53.3 Å². The molecule has 1 aromatic rings. The maximum absolute atomic E-state index is 13.3. The van der Waals surface area contributed by atoms with Gasteiger partial charge in [0.15, 0.2) is 0 Å². The first kappa shape index (κ1) is 32.2. The summed E-state index contributed by atoms with van der Waals surface area (Å²) in [7, 11) is -18.0. The fourth-order valence-electron chi connectivity index (χ4n) is 3.08. The van der Waals surface area contributed by atoms with Gasteiger partial charge < -0.3 is 4.74 Å². The highest BCUT2D eigenvalue weighted by molar-refractivity contribution is 8.40. The molecule has 18 heteroatoms. The lowest BCUT2D eigenvalue weighted by Crippen LogP contribution is -2.49. The number of nitro groups is 1. The van der Waals surface area contributed by atoms with E-state index in [-0.39, 0.29) is 18.9 Å². The van der Waals surface area contributed by atoms with Gasteiger partial charge in [0.2, 0.25) is 6.54 Å². The van der Waals surface area contributed by atoms with Crippen LogP contribution in [0.1, 0.15) is 38.5 Å². The minimum atomic E-state index is -6.98. The topological polar surface area (TPSA) is 124 Å². The molecule has 1 rings (SSSR count). The Balaban J connectivity index is 3.16. The van der Waals surface area contributed by atoms with Crippen LogP contribution < -0.4 is 4.74 Å². The normalized spacial score (nSPS) is 14.1. The zero-order valence-corrected chi connectivity index (χ0v) is 21.7. The van der Waals surface area contributed by atoms with Gasteiger partial charge in [0.25, 0.3) is 0 Å². The van der Waals surface area contributed by atoms with E-state index in [1.165, 1.54) is 18.2 Å². The van der Waals surface area contributed by atoms with Gasteiger partial charge in [-0.1, -0.05) is 31.4 Å². The van der Waals surface area contributed by atoms with Gasteiger partial charge in [0.1, 0.15) is 5.75 Å². The minimum Gasteiger partial charge on any atom is -0.492 e. The number of hydrogen-bond donors (Lipinski definition) is 0. The Labute approximate surface area is 206 Å². The summed E-state index contributed by atoms with van der Waals surface area (Å²) in [6, 6.07) is 4.72. The summed E-state index contributed by atoms with van der Waals surface area (Å²) in [5.74, 6) is -0.261. The average molecular weight is 593 g/mol. The molecule has 0 fully saturated rings. The van der Waals surface area contributed by atoms with Crippen molar-refractivity contribution < 1.29 is 52.8 Å². The van der Waals surface area contributed by atoms with Gasteiger partial charge in [-0.25, -0.2) is 16.8 Å². The Hall–Kier alpha value is -1.79. The van der Waals surface area contributed by atoms with Crippen LogP contribution in [0.2, 0.25) is 0 Å². The van der Waals surface area contributed by atoms with Crippen LogP contribution >= 0.6 is 10.2 Å². The third kappa shape index (κ3) is 7.85. The number of benzene rings is 1. The van der Waals surface area contributed by atoms with Crippen molar-refractivity contribution in [1.29, 1.82) is 0 Å². The monoisotopic (exact) mass is 592 g/mol. The first-order chi connectivity index (χ1) is 16.3. The molecule has 0 saturated heterocycles. The zero-order chi connectivity index (χ0) is 28.0. The molecule has 210 valence electrons. The van der Waals surface area contributed by atoms with Gasteiger partial charge in [0, 0.05) is 16.2 Å². The first-order valence-corrected chi connectivity index (χ1v) is 15.6. The molecule has 0 aromatic heterocycles. The number of sulfonamides is 2. The predicted molar refractivity (Wildman–Crippen MR) is 121 cm³/mol. The van der Waals surface area contributed by atoms with Crippen molar-refractivity contribution in [2.45, 2.75) is 54.4 Å². The first-order valence-electron chi connectivity index (χ1n) is 10.3. The molecular weight excluding hydrogens is 566 g/mol. The smallest absolute Gasteiger partial charge is 0.492 e. The lowest BCUT2D eigenvalue weighted by Gasteiger charge is -2.41. The Morgan fingerprint density at radius 2 is 1.28 bits per heavy atom. The van der Waals surface area contributed by atoms with Crippen LogP contribution in [0.4, 0.5) is 26.3 Å². The second-order valence-electron chi connectivity index (χ2n) is 7.81. The summed E-state index contributed by atoms with van der Waals surface area (Å²) >= 11 is 0. The highest BCUT2D eigenvalue weighted by atomic mass is 32.4. The maximum Gasteiger partial charge on any atom is 0.513 e. The Morgan fingerprint density at radius 1 is 0.833 bits per heavy atom. The number of rotatable bonds is 14. The second-order valence-corrected chi connectivity index (χ2v) is 15.4. The van der Waals surface area contributed by atoms with Crippen LogP contribution in [0.25, 0.3) is 0 Å². The van der Waals surface area contributed by atoms with E-state index >= 15 is 0 Å². The maximum atomic E-state index is 13.3. The highest BCUT2D eigenvalue weighted by Gasteiger charge is 2.65. The molecule has 0 unspecified atom stereocenters. The number of hydrogen-bond acceptors (Lipinski definition) is 7. The minimum absolute atomic E-state index is 0.0422. The van der Waals surface area contributed by atoms with Crippen molar-refractivity contribution in [2.24, 2.45) is 0 Å². The summed E-state index contributed by atoms with van der Waals surface area (Å²) in [5.41, 5.74) is -12.7. The van der Waals surface area contributed by atoms with E-state index in [2.05, 4.69) is 0 Å². The molecule has 0 aliphatic heterocycles. The Bertz CT molecular complexity index is 1060. The van der Waals surface area contributed by atoms with Crippen LogP contribution in [-0.2, 0) is 20.0 Å². The average Bonchev–Trinajstić information content (AvgIpc) is 2.70. The number of para-hydroxylation sites is 1. The summed E-state index contributed by atoms with van der Waals surface area (Å²) in [6.45, 7) is -0.178. The molecule has 0 aliphatic carbocycles. The molecule has 0 aliphatic rings. The lowest BCUT2D eigenvalue weighted by atomic mass is 10.1. The van der Waals surface area contributed by atoms with Gasteiger partial charge in [-0.15, -0.1) is 10.2 Å². The predicted octanol–water partition coefficient (Wildman–Crippen LogP) is 5.02. The van der Waals surface area contributed by atoms with Crippen molar-refractivity contribution in [3.05, 3.63) is 34.4 Å². The Kier molecular flexibility index (Phi) is 10.9. The van der Waals surface area contributed by atoms with Crippen LogP contribution in [0, 0.1) is 10.1 Å². The largest absolute Gasteiger partial charge is 0.513 e. The van der Waals surface area contributed by atoms with Gasteiger partial charge in [-0.3, -0.25) is 10.1 Å². The third-order valence-corrected chi connectivity index (χ3v) is 13.4. The molecule has 36 heavy (non-hydrogen) atoms. The van der Waals surface area contributed by atoms with Crippen molar-refractivity contribution >= 4 is 30.3 Å². The van der Waals surface area contributed by atoms with E-state index in [0.29, 0.717) is 51.0 Å². The molecule has 0 heterocycles. The number of ether oxygens (including phenoxy) is 1. The standard InChI is InChI=1S/C18H26F6N2O7S3/c1-34(2,26(35(29,30)17(19,20)21)36(31,32)18(22,23)24)16-12-8-7-11-15(16)33-14-10-6-4-3-5-9-13-25(27)28/h7-8,11-12H,3-6,9-10,13-14H2,1-2H3. The molecule has 0 saturated carbocycles. The van der Waals surface area contributed by atoms with E-state index in [1.807, 2.05) is 0 Å².